The van der Waals surface area contributed by atoms with Crippen LogP contribution in [-0.2, 0) is 6.42 Å². The van der Waals surface area contributed by atoms with Crippen LogP contribution in [0.4, 0.5) is 0 Å². The van der Waals surface area contributed by atoms with Crippen LogP contribution >= 0.6 is 0 Å². The van der Waals surface area contributed by atoms with E-state index in [4.69, 9.17) is 9.47 Å². The van der Waals surface area contributed by atoms with Gasteiger partial charge in [0.15, 0.2) is 5.78 Å². The predicted molar refractivity (Wildman–Crippen MR) is 76.7 cm³/mol. The lowest BCUT2D eigenvalue weighted by atomic mass is 9.99. The van der Waals surface area contributed by atoms with E-state index in [2.05, 4.69) is 0 Å². The molecule has 1 aliphatic rings. The number of hydrogen-bond acceptors (Lipinski definition) is 3. The average Bonchev–Trinajstić information content (AvgIpc) is 2.95. The molecule has 0 atom stereocenters. The first-order chi connectivity index (χ1) is 9.79. The Morgan fingerprint density at radius 3 is 2.95 bits per heavy atom. The number of ketones is 1. The fourth-order valence-corrected chi connectivity index (χ4v) is 2.44. The summed E-state index contributed by atoms with van der Waals surface area (Å²) in [5, 5.41) is 0. The third-order valence-electron chi connectivity index (χ3n) is 3.37. The highest BCUT2D eigenvalue weighted by molar-refractivity contribution is 6.11. The Labute approximate surface area is 118 Å². The van der Waals surface area contributed by atoms with Gasteiger partial charge in [0.1, 0.15) is 11.5 Å². The fraction of sp³-hybridized carbons (Fsp3) is 0.235. The van der Waals surface area contributed by atoms with Crippen molar-refractivity contribution in [3.63, 3.8) is 0 Å². The van der Waals surface area contributed by atoms with Gasteiger partial charge in [-0.3, -0.25) is 4.79 Å². The van der Waals surface area contributed by atoms with Gasteiger partial charge >= 0.3 is 0 Å². The molecule has 0 bridgehead atoms. The van der Waals surface area contributed by atoms with E-state index < -0.39 is 0 Å². The van der Waals surface area contributed by atoms with Crippen LogP contribution in [0, 0.1) is 0 Å². The Morgan fingerprint density at radius 1 is 1.25 bits per heavy atom. The molecule has 0 radical (unpaired) electrons. The minimum atomic E-state index is -0.0229. The highest BCUT2D eigenvalue weighted by Gasteiger charge is 2.21. The van der Waals surface area contributed by atoms with Gasteiger partial charge in [-0.25, -0.2) is 0 Å². The fourth-order valence-electron chi connectivity index (χ4n) is 2.44. The SMILES string of the molecule is CCOc1cccc(C(=O)c2cccc3c2OCC3)c1. The Bertz CT molecular complexity index is 646. The minimum Gasteiger partial charge on any atom is -0.494 e. The summed E-state index contributed by atoms with van der Waals surface area (Å²) in [6, 6.07) is 13.0. The van der Waals surface area contributed by atoms with Crippen molar-refractivity contribution in [2.75, 3.05) is 13.2 Å². The standard InChI is InChI=1S/C17H16O3/c1-2-19-14-7-3-6-13(11-14)16(18)15-8-4-5-12-9-10-20-17(12)15/h3-8,11H,2,9-10H2,1H3. The van der Waals surface area contributed by atoms with E-state index in [1.807, 2.05) is 37.3 Å². The summed E-state index contributed by atoms with van der Waals surface area (Å²) in [5.41, 5.74) is 2.37. The molecular weight excluding hydrogens is 252 g/mol. The molecule has 1 heterocycles. The number of carbonyl (C=O) groups is 1. The number of fused-ring (bicyclic) bond motifs is 1. The van der Waals surface area contributed by atoms with Gasteiger partial charge in [-0.15, -0.1) is 0 Å². The molecule has 0 aliphatic carbocycles. The number of ether oxygens (including phenoxy) is 2. The van der Waals surface area contributed by atoms with Crippen LogP contribution in [0.5, 0.6) is 11.5 Å². The molecule has 3 nitrogen and oxygen atoms in total. The van der Waals surface area contributed by atoms with E-state index in [0.29, 0.717) is 30.1 Å². The molecule has 2 aromatic carbocycles. The van der Waals surface area contributed by atoms with Gasteiger partial charge in [0, 0.05) is 12.0 Å². The number of carbonyl (C=O) groups excluding carboxylic acids is 1. The number of rotatable bonds is 4. The molecule has 0 unspecified atom stereocenters. The monoisotopic (exact) mass is 268 g/mol. The summed E-state index contributed by atoms with van der Waals surface area (Å²) in [6.07, 6.45) is 0.870. The van der Waals surface area contributed by atoms with Crippen molar-refractivity contribution in [1.29, 1.82) is 0 Å². The van der Waals surface area contributed by atoms with Gasteiger partial charge in [-0.1, -0.05) is 24.3 Å². The van der Waals surface area contributed by atoms with E-state index >= 15 is 0 Å². The maximum atomic E-state index is 12.6. The number of benzene rings is 2. The molecule has 3 rings (SSSR count). The van der Waals surface area contributed by atoms with Crippen LogP contribution in [-0.4, -0.2) is 19.0 Å². The van der Waals surface area contributed by atoms with Crippen LogP contribution in [0.3, 0.4) is 0 Å². The lowest BCUT2D eigenvalue weighted by Crippen LogP contribution is -2.04. The second kappa shape index (κ2) is 5.37. The van der Waals surface area contributed by atoms with Crippen LogP contribution in [0.2, 0.25) is 0 Å². The molecule has 0 aromatic heterocycles. The third-order valence-corrected chi connectivity index (χ3v) is 3.37. The summed E-state index contributed by atoms with van der Waals surface area (Å²) < 4.78 is 11.0. The predicted octanol–water partition coefficient (Wildman–Crippen LogP) is 3.25. The third kappa shape index (κ3) is 2.27. The minimum absolute atomic E-state index is 0.0229. The van der Waals surface area contributed by atoms with Crippen molar-refractivity contribution in [1.82, 2.24) is 0 Å². The first-order valence-electron chi connectivity index (χ1n) is 6.82. The van der Waals surface area contributed by atoms with E-state index in [1.54, 1.807) is 12.1 Å². The van der Waals surface area contributed by atoms with Gasteiger partial charge in [0.05, 0.1) is 18.8 Å². The Kier molecular flexibility index (Phi) is 3.42. The quantitative estimate of drug-likeness (QED) is 0.798. The maximum absolute atomic E-state index is 12.6. The van der Waals surface area contributed by atoms with E-state index in [9.17, 15) is 4.79 Å². The molecule has 0 fully saturated rings. The molecule has 20 heavy (non-hydrogen) atoms. The Balaban J connectivity index is 1.97. The molecular formula is C17H16O3. The van der Waals surface area contributed by atoms with Crippen LogP contribution in [0.15, 0.2) is 42.5 Å². The number of hydrogen-bond donors (Lipinski definition) is 0. The molecule has 3 heteroatoms. The second-order valence-electron chi connectivity index (χ2n) is 4.68. The van der Waals surface area contributed by atoms with Crippen LogP contribution in [0.25, 0.3) is 0 Å². The molecule has 0 saturated heterocycles. The molecule has 102 valence electrons. The summed E-state index contributed by atoms with van der Waals surface area (Å²) in [4.78, 5) is 12.6. The summed E-state index contributed by atoms with van der Waals surface area (Å²) in [7, 11) is 0. The van der Waals surface area contributed by atoms with Gasteiger partial charge in [0.2, 0.25) is 0 Å². The van der Waals surface area contributed by atoms with Crippen LogP contribution < -0.4 is 9.47 Å². The molecule has 0 spiro atoms. The molecule has 0 N–H and O–H groups in total. The highest BCUT2D eigenvalue weighted by atomic mass is 16.5. The zero-order valence-corrected chi connectivity index (χ0v) is 11.4. The first kappa shape index (κ1) is 12.7. The lowest BCUT2D eigenvalue weighted by Gasteiger charge is -2.08. The molecule has 0 amide bonds. The van der Waals surface area contributed by atoms with Crippen molar-refractivity contribution < 1.29 is 14.3 Å². The normalized spacial score (nSPS) is 12.7. The van der Waals surface area contributed by atoms with Crippen molar-refractivity contribution in [2.45, 2.75) is 13.3 Å². The van der Waals surface area contributed by atoms with Crippen LogP contribution in [0.1, 0.15) is 28.4 Å². The average molecular weight is 268 g/mol. The van der Waals surface area contributed by atoms with Gasteiger partial charge in [-0.05, 0) is 30.7 Å². The van der Waals surface area contributed by atoms with E-state index in [1.165, 1.54) is 0 Å². The smallest absolute Gasteiger partial charge is 0.196 e. The van der Waals surface area contributed by atoms with E-state index in [0.717, 1.165) is 17.7 Å². The maximum Gasteiger partial charge on any atom is 0.196 e. The zero-order chi connectivity index (χ0) is 13.9. The van der Waals surface area contributed by atoms with Crippen molar-refractivity contribution >= 4 is 5.78 Å². The highest BCUT2D eigenvalue weighted by Crippen LogP contribution is 2.31. The Morgan fingerprint density at radius 2 is 2.10 bits per heavy atom. The molecule has 0 saturated carbocycles. The summed E-state index contributed by atoms with van der Waals surface area (Å²) >= 11 is 0. The topological polar surface area (TPSA) is 35.5 Å². The van der Waals surface area contributed by atoms with Crippen molar-refractivity contribution in [3.05, 3.63) is 59.2 Å². The summed E-state index contributed by atoms with van der Waals surface area (Å²) in [5.74, 6) is 1.43. The first-order valence-corrected chi connectivity index (χ1v) is 6.82. The molecule has 1 aliphatic heterocycles. The summed E-state index contributed by atoms with van der Waals surface area (Å²) in [6.45, 7) is 3.16. The largest absolute Gasteiger partial charge is 0.494 e. The lowest BCUT2D eigenvalue weighted by molar-refractivity contribution is 0.103. The molecule has 2 aromatic rings. The second-order valence-corrected chi connectivity index (χ2v) is 4.68. The number of para-hydroxylation sites is 1. The van der Waals surface area contributed by atoms with Crippen molar-refractivity contribution in [3.8, 4) is 11.5 Å². The van der Waals surface area contributed by atoms with Gasteiger partial charge in [-0.2, -0.15) is 0 Å². The van der Waals surface area contributed by atoms with Gasteiger partial charge < -0.3 is 9.47 Å². The zero-order valence-electron chi connectivity index (χ0n) is 11.4. The van der Waals surface area contributed by atoms with E-state index in [-0.39, 0.29) is 5.78 Å². The Hall–Kier alpha value is -2.29. The van der Waals surface area contributed by atoms with Gasteiger partial charge in [0.25, 0.3) is 0 Å². The van der Waals surface area contributed by atoms with Crippen molar-refractivity contribution in [2.24, 2.45) is 0 Å².